The molecule has 19 heavy (non-hydrogen) atoms. The van der Waals surface area contributed by atoms with Crippen molar-refractivity contribution < 1.29 is 9.90 Å². The minimum Gasteiger partial charge on any atom is -0.481 e. The predicted octanol–water partition coefficient (Wildman–Crippen LogP) is 2.84. The van der Waals surface area contributed by atoms with Crippen molar-refractivity contribution in [2.45, 2.75) is 25.7 Å². The Morgan fingerprint density at radius 1 is 1.37 bits per heavy atom. The van der Waals surface area contributed by atoms with Gasteiger partial charge in [0.1, 0.15) is 5.82 Å². The normalized spacial score (nSPS) is 11.5. The van der Waals surface area contributed by atoms with E-state index in [0.29, 0.717) is 0 Å². The molecule has 2 rings (SSSR count). The summed E-state index contributed by atoms with van der Waals surface area (Å²) in [6.07, 6.45) is 3.72. The molecular weight excluding hydrogens is 240 g/mol. The van der Waals surface area contributed by atoms with Gasteiger partial charge in [-0.25, -0.2) is 4.98 Å². The number of carboxylic acids is 1. The smallest absolute Gasteiger partial charge is 0.304 e. The van der Waals surface area contributed by atoms with E-state index in [9.17, 15) is 4.79 Å². The average Bonchev–Trinajstić information content (AvgIpc) is 2.74. The second-order valence-electron chi connectivity index (χ2n) is 5.36. The third kappa shape index (κ3) is 2.67. The molecule has 100 valence electrons. The van der Waals surface area contributed by atoms with Crippen LogP contribution < -0.4 is 0 Å². The fourth-order valence-electron chi connectivity index (χ4n) is 2.37. The van der Waals surface area contributed by atoms with Gasteiger partial charge < -0.3 is 9.67 Å². The van der Waals surface area contributed by atoms with Gasteiger partial charge in [0.15, 0.2) is 0 Å². The summed E-state index contributed by atoms with van der Waals surface area (Å²) in [7, 11) is 1.93. The largest absolute Gasteiger partial charge is 0.481 e. The Morgan fingerprint density at radius 3 is 2.63 bits per heavy atom. The number of nitrogens with zero attached hydrogens (tertiary/aromatic N) is 2. The molecule has 4 heteroatoms. The van der Waals surface area contributed by atoms with E-state index in [-0.39, 0.29) is 6.42 Å². The minimum atomic E-state index is -0.792. The van der Waals surface area contributed by atoms with Crippen LogP contribution in [-0.4, -0.2) is 20.6 Å². The summed E-state index contributed by atoms with van der Waals surface area (Å²) < 4.78 is 1.94. The van der Waals surface area contributed by atoms with Gasteiger partial charge in [0.05, 0.1) is 6.42 Å². The van der Waals surface area contributed by atoms with Crippen molar-refractivity contribution in [1.82, 2.24) is 9.55 Å². The van der Waals surface area contributed by atoms with Crippen molar-refractivity contribution in [3.63, 3.8) is 0 Å². The van der Waals surface area contributed by atoms with Gasteiger partial charge in [-0.1, -0.05) is 38.1 Å². The van der Waals surface area contributed by atoms with E-state index in [1.807, 2.05) is 55.9 Å². The van der Waals surface area contributed by atoms with Crippen molar-refractivity contribution >= 4 is 5.97 Å². The zero-order valence-electron chi connectivity index (χ0n) is 11.4. The summed E-state index contributed by atoms with van der Waals surface area (Å²) in [5.74, 6) is 0.0636. The third-order valence-corrected chi connectivity index (χ3v) is 3.31. The summed E-state index contributed by atoms with van der Waals surface area (Å²) in [4.78, 5) is 15.4. The number of benzene rings is 1. The first-order valence-electron chi connectivity index (χ1n) is 6.21. The topological polar surface area (TPSA) is 55.1 Å². The minimum absolute atomic E-state index is 0.0917. The lowest BCUT2D eigenvalue weighted by atomic mass is 9.79. The highest BCUT2D eigenvalue weighted by atomic mass is 16.4. The first-order chi connectivity index (χ1) is 8.92. The van der Waals surface area contributed by atoms with Crippen LogP contribution in [0.4, 0.5) is 0 Å². The van der Waals surface area contributed by atoms with Crippen LogP contribution in [-0.2, 0) is 17.3 Å². The Labute approximate surface area is 112 Å². The maximum absolute atomic E-state index is 11.0. The van der Waals surface area contributed by atoms with Gasteiger partial charge in [-0.15, -0.1) is 0 Å². The van der Waals surface area contributed by atoms with Gasteiger partial charge in [-0.2, -0.15) is 0 Å². The van der Waals surface area contributed by atoms with Gasteiger partial charge in [-0.3, -0.25) is 4.79 Å². The predicted molar refractivity (Wildman–Crippen MR) is 73.9 cm³/mol. The first kappa shape index (κ1) is 13.3. The fourth-order valence-corrected chi connectivity index (χ4v) is 2.37. The fraction of sp³-hybridized carbons (Fsp3) is 0.333. The Bertz CT molecular complexity index is 600. The lowest BCUT2D eigenvalue weighted by Gasteiger charge is -2.25. The number of hydrogen-bond acceptors (Lipinski definition) is 2. The highest BCUT2D eigenvalue weighted by Gasteiger charge is 2.27. The molecule has 4 nitrogen and oxygen atoms in total. The molecule has 0 bridgehead atoms. The zero-order valence-corrected chi connectivity index (χ0v) is 11.4. The Morgan fingerprint density at radius 2 is 2.05 bits per heavy atom. The second kappa shape index (κ2) is 4.88. The number of hydrogen-bond donors (Lipinski definition) is 1. The lowest BCUT2D eigenvalue weighted by molar-refractivity contribution is -0.138. The summed E-state index contributed by atoms with van der Waals surface area (Å²) in [6, 6.07) is 7.85. The Hall–Kier alpha value is -2.10. The molecule has 1 heterocycles. The van der Waals surface area contributed by atoms with Crippen LogP contribution in [0.25, 0.3) is 11.4 Å². The van der Waals surface area contributed by atoms with E-state index in [0.717, 1.165) is 17.0 Å². The van der Waals surface area contributed by atoms with Gasteiger partial charge >= 0.3 is 5.97 Å². The van der Waals surface area contributed by atoms with Crippen LogP contribution in [0.15, 0.2) is 36.7 Å². The maximum Gasteiger partial charge on any atom is 0.304 e. The Balaban J connectivity index is 2.54. The second-order valence-corrected chi connectivity index (χ2v) is 5.36. The van der Waals surface area contributed by atoms with E-state index in [4.69, 9.17) is 5.11 Å². The number of carbonyl (C=O) groups is 1. The molecular formula is C15H18N2O2. The Kier molecular flexibility index (Phi) is 3.42. The average molecular weight is 258 g/mol. The zero-order chi connectivity index (χ0) is 14.0. The van der Waals surface area contributed by atoms with Crippen LogP contribution in [0.1, 0.15) is 25.8 Å². The van der Waals surface area contributed by atoms with Crippen LogP contribution in [0.2, 0.25) is 0 Å². The quantitative estimate of drug-likeness (QED) is 0.917. The lowest BCUT2D eigenvalue weighted by Crippen LogP contribution is -2.22. The molecule has 1 aromatic heterocycles. The van der Waals surface area contributed by atoms with Crippen LogP contribution in [0, 0.1) is 0 Å². The summed E-state index contributed by atoms with van der Waals surface area (Å²) >= 11 is 0. The molecule has 0 amide bonds. The van der Waals surface area contributed by atoms with Gasteiger partial charge in [-0.05, 0) is 5.56 Å². The molecule has 0 unspecified atom stereocenters. The number of aliphatic carboxylic acids is 1. The van der Waals surface area contributed by atoms with E-state index < -0.39 is 11.4 Å². The molecule has 0 aliphatic heterocycles. The maximum atomic E-state index is 11.0. The SMILES string of the molecule is Cn1ccnc1-c1ccccc1C(C)(C)CC(=O)O. The molecule has 0 aliphatic rings. The first-order valence-corrected chi connectivity index (χ1v) is 6.21. The van der Waals surface area contributed by atoms with Gasteiger partial charge in [0.25, 0.3) is 0 Å². The monoisotopic (exact) mass is 258 g/mol. The molecule has 2 aromatic rings. The van der Waals surface area contributed by atoms with Gasteiger partial charge in [0, 0.05) is 30.4 Å². The van der Waals surface area contributed by atoms with Crippen molar-refractivity contribution in [3.8, 4) is 11.4 Å². The van der Waals surface area contributed by atoms with Crippen LogP contribution >= 0.6 is 0 Å². The molecule has 1 aromatic carbocycles. The highest BCUT2D eigenvalue weighted by molar-refractivity contribution is 5.71. The number of aromatic nitrogens is 2. The van der Waals surface area contributed by atoms with E-state index >= 15 is 0 Å². The van der Waals surface area contributed by atoms with Gasteiger partial charge in [0.2, 0.25) is 0 Å². The number of aryl methyl sites for hydroxylation is 1. The summed E-state index contributed by atoms with van der Waals surface area (Å²) in [6.45, 7) is 3.89. The van der Waals surface area contributed by atoms with E-state index in [1.165, 1.54) is 0 Å². The molecule has 0 atom stereocenters. The van der Waals surface area contributed by atoms with E-state index in [1.54, 1.807) is 6.20 Å². The third-order valence-electron chi connectivity index (χ3n) is 3.31. The molecule has 0 saturated carbocycles. The van der Waals surface area contributed by atoms with Crippen molar-refractivity contribution in [1.29, 1.82) is 0 Å². The molecule has 1 N–H and O–H groups in total. The highest BCUT2D eigenvalue weighted by Crippen LogP contribution is 2.34. The van der Waals surface area contributed by atoms with Crippen molar-refractivity contribution in [2.75, 3.05) is 0 Å². The summed E-state index contributed by atoms with van der Waals surface area (Å²) in [5, 5.41) is 9.07. The number of imidazole rings is 1. The molecule has 0 spiro atoms. The standard InChI is InChI=1S/C15H18N2O2/c1-15(2,10-13(18)19)12-7-5-4-6-11(12)14-16-8-9-17(14)3/h4-9H,10H2,1-3H3,(H,18,19). The number of rotatable bonds is 4. The molecule has 0 radical (unpaired) electrons. The molecule has 0 fully saturated rings. The van der Waals surface area contributed by atoms with Crippen LogP contribution in [0.3, 0.4) is 0 Å². The molecule has 0 saturated heterocycles. The summed E-state index contributed by atoms with van der Waals surface area (Å²) in [5.41, 5.74) is 1.56. The van der Waals surface area contributed by atoms with E-state index in [2.05, 4.69) is 4.98 Å². The number of carboxylic acid groups (broad SMARTS) is 1. The van der Waals surface area contributed by atoms with Crippen molar-refractivity contribution in [3.05, 3.63) is 42.2 Å². The van der Waals surface area contributed by atoms with Crippen molar-refractivity contribution in [2.24, 2.45) is 7.05 Å². The van der Waals surface area contributed by atoms with Crippen LogP contribution in [0.5, 0.6) is 0 Å². The molecule has 0 aliphatic carbocycles.